The third-order valence-corrected chi connectivity index (χ3v) is 1.74. The van der Waals surface area contributed by atoms with Crippen molar-refractivity contribution >= 4 is 5.82 Å². The van der Waals surface area contributed by atoms with Crippen LogP contribution in [-0.2, 0) is 0 Å². The summed E-state index contributed by atoms with van der Waals surface area (Å²) >= 11 is 0. The van der Waals surface area contributed by atoms with E-state index >= 15 is 0 Å². The molecule has 14 heavy (non-hydrogen) atoms. The van der Waals surface area contributed by atoms with Crippen LogP contribution in [0, 0.1) is 24.1 Å². The second-order valence-electron chi connectivity index (χ2n) is 3.03. The maximum Gasteiger partial charge on any atom is 0.186 e. The molecule has 0 spiro atoms. The molecule has 4 nitrogen and oxygen atoms in total. The number of hydrogen-bond acceptors (Lipinski definition) is 4. The lowest BCUT2D eigenvalue weighted by molar-refractivity contribution is 0.601. The lowest BCUT2D eigenvalue weighted by Gasteiger charge is -2.11. The molecule has 0 radical (unpaired) electrons. The zero-order chi connectivity index (χ0) is 10.6. The molecule has 1 unspecified atom stereocenters. The average molecular weight is 194 g/mol. The smallest absolute Gasteiger partial charge is 0.186 e. The van der Waals surface area contributed by atoms with E-state index in [0.717, 1.165) is 0 Å². The van der Waals surface area contributed by atoms with Crippen LogP contribution in [-0.4, -0.2) is 16.0 Å². The summed E-state index contributed by atoms with van der Waals surface area (Å²) in [6, 6.07) is 1.87. The van der Waals surface area contributed by atoms with Crippen molar-refractivity contribution in [1.29, 1.82) is 5.26 Å². The summed E-state index contributed by atoms with van der Waals surface area (Å²) in [5.41, 5.74) is 0.298. The van der Waals surface area contributed by atoms with Gasteiger partial charge < -0.3 is 5.32 Å². The molecule has 1 rings (SSSR count). The first-order chi connectivity index (χ1) is 6.65. The Bertz CT molecular complexity index is 358. The second kappa shape index (κ2) is 4.51. The minimum Gasteiger partial charge on any atom is -0.364 e. The highest BCUT2D eigenvalue weighted by molar-refractivity contribution is 5.37. The molecule has 74 valence electrons. The van der Waals surface area contributed by atoms with Gasteiger partial charge in [0.1, 0.15) is 6.33 Å². The Morgan fingerprint density at radius 3 is 3.00 bits per heavy atom. The largest absolute Gasteiger partial charge is 0.364 e. The first-order valence-corrected chi connectivity index (χ1v) is 4.25. The minimum absolute atomic E-state index is 0.121. The van der Waals surface area contributed by atoms with Gasteiger partial charge in [-0.1, -0.05) is 0 Å². The van der Waals surface area contributed by atoms with Gasteiger partial charge in [0, 0.05) is 6.04 Å². The topological polar surface area (TPSA) is 61.6 Å². The summed E-state index contributed by atoms with van der Waals surface area (Å²) < 4.78 is 13.3. The van der Waals surface area contributed by atoms with Crippen molar-refractivity contribution in [1.82, 2.24) is 9.97 Å². The van der Waals surface area contributed by atoms with Gasteiger partial charge in [0.05, 0.1) is 18.2 Å². The van der Waals surface area contributed by atoms with Gasteiger partial charge in [-0.3, -0.25) is 0 Å². The summed E-state index contributed by atoms with van der Waals surface area (Å²) in [5, 5.41) is 11.2. The Kier molecular flexibility index (Phi) is 3.35. The van der Waals surface area contributed by atoms with E-state index in [1.54, 1.807) is 13.8 Å². The lowest BCUT2D eigenvalue weighted by atomic mass is 10.2. The van der Waals surface area contributed by atoms with E-state index in [2.05, 4.69) is 15.3 Å². The van der Waals surface area contributed by atoms with Crippen molar-refractivity contribution in [2.75, 3.05) is 5.32 Å². The second-order valence-corrected chi connectivity index (χ2v) is 3.03. The highest BCUT2D eigenvalue weighted by Gasteiger charge is 2.09. The maximum absolute atomic E-state index is 13.3. The number of aromatic nitrogens is 2. The van der Waals surface area contributed by atoms with Crippen LogP contribution < -0.4 is 5.32 Å². The summed E-state index contributed by atoms with van der Waals surface area (Å²) in [5.74, 6) is -0.308. The van der Waals surface area contributed by atoms with Gasteiger partial charge in [0.15, 0.2) is 11.6 Å². The summed E-state index contributed by atoms with van der Waals surface area (Å²) in [6.07, 6.45) is 1.60. The van der Waals surface area contributed by atoms with Gasteiger partial charge in [0.2, 0.25) is 0 Å². The molecule has 1 atom stereocenters. The molecule has 0 fully saturated rings. The van der Waals surface area contributed by atoms with E-state index in [9.17, 15) is 4.39 Å². The van der Waals surface area contributed by atoms with Crippen LogP contribution in [0.3, 0.4) is 0 Å². The van der Waals surface area contributed by atoms with Gasteiger partial charge >= 0.3 is 0 Å². The zero-order valence-electron chi connectivity index (χ0n) is 8.08. The molecule has 1 aromatic rings. The van der Waals surface area contributed by atoms with Crippen LogP contribution in [0.5, 0.6) is 0 Å². The van der Waals surface area contributed by atoms with E-state index in [0.29, 0.717) is 12.1 Å². The number of hydrogen-bond donors (Lipinski definition) is 1. The molecule has 0 saturated carbocycles. The van der Waals surface area contributed by atoms with E-state index in [4.69, 9.17) is 5.26 Å². The van der Waals surface area contributed by atoms with Gasteiger partial charge in [-0.2, -0.15) is 5.26 Å². The van der Waals surface area contributed by atoms with E-state index < -0.39 is 5.82 Å². The molecule has 0 aromatic carbocycles. The summed E-state index contributed by atoms with van der Waals surface area (Å²) in [4.78, 5) is 7.46. The molecule has 1 heterocycles. The van der Waals surface area contributed by atoms with Gasteiger partial charge in [-0.05, 0) is 13.8 Å². The number of nitriles is 1. The summed E-state index contributed by atoms with van der Waals surface area (Å²) in [7, 11) is 0. The van der Waals surface area contributed by atoms with Crippen molar-refractivity contribution < 1.29 is 4.39 Å². The minimum atomic E-state index is -0.461. The molecule has 1 N–H and O–H groups in total. The molecule has 0 aliphatic rings. The van der Waals surface area contributed by atoms with Crippen molar-refractivity contribution in [3.05, 3.63) is 17.8 Å². The molecule has 5 heteroatoms. The van der Waals surface area contributed by atoms with Gasteiger partial charge in [0.25, 0.3) is 0 Å². The monoisotopic (exact) mass is 194 g/mol. The lowest BCUT2D eigenvalue weighted by Crippen LogP contribution is -2.16. The quantitative estimate of drug-likeness (QED) is 0.794. The standard InChI is InChI=1S/C9H11FN4/c1-6(3-4-11)14-9-8(10)7(2)12-5-13-9/h5-6H,3H2,1-2H3,(H,12,13,14). The van der Waals surface area contributed by atoms with Crippen molar-refractivity contribution in [3.63, 3.8) is 0 Å². The van der Waals surface area contributed by atoms with Crippen LogP contribution >= 0.6 is 0 Å². The number of nitrogens with zero attached hydrogens (tertiary/aromatic N) is 3. The van der Waals surface area contributed by atoms with Gasteiger partial charge in [-0.25, -0.2) is 14.4 Å². The molecule has 0 saturated heterocycles. The average Bonchev–Trinajstić information content (AvgIpc) is 2.13. The molecule has 0 bridgehead atoms. The van der Waals surface area contributed by atoms with Gasteiger partial charge in [-0.15, -0.1) is 0 Å². The third kappa shape index (κ3) is 2.39. The SMILES string of the molecule is Cc1ncnc(NC(C)CC#N)c1F. The van der Waals surface area contributed by atoms with E-state index in [-0.39, 0.29) is 11.9 Å². The highest BCUT2D eigenvalue weighted by Crippen LogP contribution is 2.13. The number of halogens is 1. The normalized spacial score (nSPS) is 11.9. The fourth-order valence-corrected chi connectivity index (χ4v) is 0.980. The van der Waals surface area contributed by atoms with Crippen LogP contribution in [0.4, 0.5) is 10.2 Å². The third-order valence-electron chi connectivity index (χ3n) is 1.74. The van der Waals surface area contributed by atoms with Crippen LogP contribution in [0.15, 0.2) is 6.33 Å². The Morgan fingerprint density at radius 2 is 2.36 bits per heavy atom. The van der Waals surface area contributed by atoms with E-state index in [1.165, 1.54) is 6.33 Å². The predicted octanol–water partition coefficient (Wildman–Crippen LogP) is 1.64. The van der Waals surface area contributed by atoms with Crippen molar-refractivity contribution in [2.24, 2.45) is 0 Å². The summed E-state index contributed by atoms with van der Waals surface area (Å²) in [6.45, 7) is 3.36. The van der Waals surface area contributed by atoms with Crippen LogP contribution in [0.1, 0.15) is 19.0 Å². The fraction of sp³-hybridized carbons (Fsp3) is 0.444. The van der Waals surface area contributed by atoms with E-state index in [1.807, 2.05) is 6.07 Å². The molecule has 0 aliphatic carbocycles. The Labute approximate surface area is 81.8 Å². The number of nitrogens with one attached hydrogen (secondary N) is 1. The number of anilines is 1. The molecular weight excluding hydrogens is 183 g/mol. The molecule has 1 aromatic heterocycles. The number of aryl methyl sites for hydroxylation is 1. The van der Waals surface area contributed by atoms with Crippen LogP contribution in [0.2, 0.25) is 0 Å². The maximum atomic E-state index is 13.3. The highest BCUT2D eigenvalue weighted by atomic mass is 19.1. The predicted molar refractivity (Wildman–Crippen MR) is 50.0 cm³/mol. The first kappa shape index (κ1) is 10.4. The molecule has 0 aliphatic heterocycles. The van der Waals surface area contributed by atoms with Crippen LogP contribution in [0.25, 0.3) is 0 Å². The van der Waals surface area contributed by atoms with Crippen molar-refractivity contribution in [3.8, 4) is 6.07 Å². The molecular formula is C9H11FN4. The zero-order valence-corrected chi connectivity index (χ0v) is 8.08. The van der Waals surface area contributed by atoms with Crippen molar-refractivity contribution in [2.45, 2.75) is 26.3 Å². The molecule has 0 amide bonds. The number of rotatable bonds is 3. The fourth-order valence-electron chi connectivity index (χ4n) is 0.980. The Hall–Kier alpha value is -1.70. The first-order valence-electron chi connectivity index (χ1n) is 4.25. The Morgan fingerprint density at radius 1 is 1.64 bits per heavy atom. The Balaban J connectivity index is 2.77.